The summed E-state index contributed by atoms with van der Waals surface area (Å²) in [5, 5.41) is 0. The van der Waals surface area contributed by atoms with Crippen molar-refractivity contribution >= 4 is 5.91 Å². The monoisotopic (exact) mass is 287 g/mol. The Kier molecular flexibility index (Phi) is 4.91. The van der Waals surface area contributed by atoms with Crippen LogP contribution in [0.1, 0.15) is 44.1 Å². The minimum absolute atomic E-state index is 0.240. The topological polar surface area (TPSA) is 29.5 Å². The fourth-order valence-corrected chi connectivity index (χ4v) is 3.62. The molecule has 0 spiro atoms. The van der Waals surface area contributed by atoms with Crippen LogP contribution < -0.4 is 0 Å². The van der Waals surface area contributed by atoms with Crippen molar-refractivity contribution in [2.75, 3.05) is 13.2 Å². The molecule has 0 unspecified atom stereocenters. The zero-order valence-electron chi connectivity index (χ0n) is 12.7. The third-order valence-electron chi connectivity index (χ3n) is 4.74. The summed E-state index contributed by atoms with van der Waals surface area (Å²) in [6.07, 6.45) is 7.62. The highest BCUT2D eigenvalue weighted by molar-refractivity contribution is 5.78. The highest BCUT2D eigenvalue weighted by Crippen LogP contribution is 2.28. The number of likely N-dealkylation sites (tertiary alicyclic amines) is 1. The van der Waals surface area contributed by atoms with Crippen molar-refractivity contribution in [2.24, 2.45) is 0 Å². The maximum absolute atomic E-state index is 12.0. The first-order valence-electron chi connectivity index (χ1n) is 8.29. The molecule has 1 amide bonds. The fraction of sp³-hybridized carbons (Fsp3) is 0.611. The SMILES string of the molecule is O=C1CCCN1[C@@H]1CCCC[C@@H]1OCCc1ccccc1. The molecule has 2 atom stereocenters. The number of carbonyl (C=O) groups excluding carboxylic acids is 1. The Balaban J connectivity index is 1.53. The van der Waals surface area contributed by atoms with Crippen molar-refractivity contribution in [3.8, 4) is 0 Å². The molecule has 0 aromatic heterocycles. The normalized spacial score (nSPS) is 26.3. The van der Waals surface area contributed by atoms with Gasteiger partial charge in [-0.15, -0.1) is 0 Å². The van der Waals surface area contributed by atoms with Gasteiger partial charge in [-0.25, -0.2) is 0 Å². The van der Waals surface area contributed by atoms with Crippen LogP contribution in [0.15, 0.2) is 30.3 Å². The van der Waals surface area contributed by atoms with Gasteiger partial charge in [-0.2, -0.15) is 0 Å². The third-order valence-corrected chi connectivity index (χ3v) is 4.74. The van der Waals surface area contributed by atoms with Gasteiger partial charge in [0.1, 0.15) is 0 Å². The highest BCUT2D eigenvalue weighted by Gasteiger charge is 2.35. The van der Waals surface area contributed by atoms with E-state index in [1.54, 1.807) is 0 Å². The summed E-state index contributed by atoms with van der Waals surface area (Å²) < 4.78 is 6.17. The molecule has 1 aliphatic carbocycles. The van der Waals surface area contributed by atoms with Gasteiger partial charge in [0.2, 0.25) is 5.91 Å². The Bertz CT molecular complexity index is 460. The zero-order chi connectivity index (χ0) is 14.5. The number of carbonyl (C=O) groups is 1. The first-order chi connectivity index (χ1) is 10.3. The van der Waals surface area contributed by atoms with Crippen molar-refractivity contribution in [2.45, 2.75) is 57.1 Å². The van der Waals surface area contributed by atoms with Gasteiger partial charge in [-0.1, -0.05) is 43.2 Å². The second kappa shape index (κ2) is 7.08. The van der Waals surface area contributed by atoms with E-state index in [1.807, 2.05) is 6.07 Å². The van der Waals surface area contributed by atoms with Gasteiger partial charge < -0.3 is 9.64 Å². The highest BCUT2D eigenvalue weighted by atomic mass is 16.5. The summed E-state index contributed by atoms with van der Waals surface area (Å²) in [5.41, 5.74) is 1.32. The fourth-order valence-electron chi connectivity index (χ4n) is 3.62. The molecule has 114 valence electrons. The summed E-state index contributed by atoms with van der Waals surface area (Å²) in [4.78, 5) is 14.1. The van der Waals surface area contributed by atoms with Crippen LogP contribution in [0.2, 0.25) is 0 Å². The molecule has 2 aliphatic rings. The second-order valence-corrected chi connectivity index (χ2v) is 6.19. The van der Waals surface area contributed by atoms with E-state index in [1.165, 1.54) is 18.4 Å². The van der Waals surface area contributed by atoms with Gasteiger partial charge in [0.15, 0.2) is 0 Å². The molecule has 0 radical (unpaired) electrons. The standard InChI is InChI=1S/C18H25NO2/c20-18-11-6-13-19(18)16-9-4-5-10-17(16)21-14-12-15-7-2-1-3-8-15/h1-3,7-8,16-17H,4-6,9-14H2/t16-,17+/m1/s1. The lowest BCUT2D eigenvalue weighted by molar-refractivity contribution is -0.134. The van der Waals surface area contributed by atoms with E-state index in [-0.39, 0.29) is 6.10 Å². The molecule has 3 rings (SSSR count). The van der Waals surface area contributed by atoms with Crippen molar-refractivity contribution in [1.82, 2.24) is 4.90 Å². The van der Waals surface area contributed by atoms with Crippen LogP contribution in [0.3, 0.4) is 0 Å². The molecule has 0 N–H and O–H groups in total. The first-order valence-corrected chi connectivity index (χ1v) is 8.29. The minimum Gasteiger partial charge on any atom is -0.376 e. The molecule has 1 aromatic carbocycles. The summed E-state index contributed by atoms with van der Waals surface area (Å²) >= 11 is 0. The van der Waals surface area contributed by atoms with Crippen molar-refractivity contribution in [1.29, 1.82) is 0 Å². The Morgan fingerprint density at radius 3 is 2.67 bits per heavy atom. The minimum atomic E-state index is 0.240. The zero-order valence-corrected chi connectivity index (χ0v) is 12.7. The van der Waals surface area contributed by atoms with Gasteiger partial charge >= 0.3 is 0 Å². The molecule has 1 aliphatic heterocycles. The summed E-state index contributed by atoms with van der Waals surface area (Å²) in [6, 6.07) is 10.8. The van der Waals surface area contributed by atoms with Gasteiger partial charge in [0.05, 0.1) is 18.8 Å². The second-order valence-electron chi connectivity index (χ2n) is 6.19. The molecule has 1 aromatic rings. The average Bonchev–Trinajstić information content (AvgIpc) is 2.95. The lowest BCUT2D eigenvalue weighted by Gasteiger charge is -2.37. The lowest BCUT2D eigenvalue weighted by atomic mass is 9.91. The lowest BCUT2D eigenvalue weighted by Crippen LogP contribution is -2.47. The number of ether oxygens (including phenoxy) is 1. The third kappa shape index (κ3) is 3.65. The van der Waals surface area contributed by atoms with Crippen LogP contribution in [0.4, 0.5) is 0 Å². The van der Waals surface area contributed by atoms with Crippen LogP contribution in [0, 0.1) is 0 Å². The van der Waals surface area contributed by atoms with Crippen LogP contribution in [0.25, 0.3) is 0 Å². The average molecular weight is 287 g/mol. The molecule has 21 heavy (non-hydrogen) atoms. The number of nitrogens with zero attached hydrogens (tertiary/aromatic N) is 1. The molecule has 3 nitrogen and oxygen atoms in total. The van der Waals surface area contributed by atoms with Crippen LogP contribution >= 0.6 is 0 Å². The van der Waals surface area contributed by atoms with E-state index in [0.29, 0.717) is 11.9 Å². The Hall–Kier alpha value is -1.35. The number of benzene rings is 1. The van der Waals surface area contributed by atoms with Gasteiger partial charge in [0, 0.05) is 13.0 Å². The largest absolute Gasteiger partial charge is 0.376 e. The number of hydrogen-bond donors (Lipinski definition) is 0. The predicted molar refractivity (Wildman–Crippen MR) is 83.1 cm³/mol. The van der Waals surface area contributed by atoms with E-state index in [9.17, 15) is 4.79 Å². The summed E-state index contributed by atoms with van der Waals surface area (Å²) in [6.45, 7) is 1.69. The quantitative estimate of drug-likeness (QED) is 0.832. The van der Waals surface area contributed by atoms with Crippen LogP contribution in [0.5, 0.6) is 0 Å². The van der Waals surface area contributed by atoms with Crippen molar-refractivity contribution in [3.05, 3.63) is 35.9 Å². The number of amides is 1. The van der Waals surface area contributed by atoms with E-state index in [2.05, 4.69) is 29.2 Å². The van der Waals surface area contributed by atoms with Gasteiger partial charge in [-0.05, 0) is 31.2 Å². The molecule has 1 saturated heterocycles. The molecule has 2 fully saturated rings. The molecule has 1 saturated carbocycles. The maximum atomic E-state index is 12.0. The van der Waals surface area contributed by atoms with Crippen LogP contribution in [-0.4, -0.2) is 36.1 Å². The smallest absolute Gasteiger partial charge is 0.222 e. The molecular weight excluding hydrogens is 262 g/mol. The van der Waals surface area contributed by atoms with E-state index in [0.717, 1.165) is 45.3 Å². The van der Waals surface area contributed by atoms with E-state index in [4.69, 9.17) is 4.74 Å². The first kappa shape index (κ1) is 14.6. The van der Waals surface area contributed by atoms with Gasteiger partial charge in [-0.3, -0.25) is 4.79 Å². The maximum Gasteiger partial charge on any atom is 0.222 e. The molecule has 0 bridgehead atoms. The summed E-state index contributed by atoms with van der Waals surface area (Å²) in [5.74, 6) is 0.332. The number of rotatable bonds is 5. The van der Waals surface area contributed by atoms with Crippen molar-refractivity contribution < 1.29 is 9.53 Å². The number of hydrogen-bond acceptors (Lipinski definition) is 2. The molecule has 1 heterocycles. The predicted octanol–water partition coefficient (Wildman–Crippen LogP) is 3.18. The van der Waals surface area contributed by atoms with E-state index >= 15 is 0 Å². The molecular formula is C18H25NO2. The Morgan fingerprint density at radius 2 is 1.90 bits per heavy atom. The van der Waals surface area contributed by atoms with Crippen molar-refractivity contribution in [3.63, 3.8) is 0 Å². The Labute approximate surface area is 127 Å². The Morgan fingerprint density at radius 1 is 1.10 bits per heavy atom. The van der Waals surface area contributed by atoms with E-state index < -0.39 is 0 Å². The van der Waals surface area contributed by atoms with Crippen LogP contribution in [-0.2, 0) is 16.0 Å². The summed E-state index contributed by atoms with van der Waals surface area (Å²) in [7, 11) is 0. The molecule has 3 heteroatoms. The van der Waals surface area contributed by atoms with Gasteiger partial charge in [0.25, 0.3) is 0 Å².